The number of likely N-dealkylation sites (tertiary alicyclic amines) is 2. The Bertz CT molecular complexity index is 1250. The summed E-state index contributed by atoms with van der Waals surface area (Å²) >= 11 is 0. The van der Waals surface area contributed by atoms with Gasteiger partial charge in [0.05, 0.1) is 35.9 Å². The third-order valence-electron chi connectivity index (χ3n) is 6.72. The number of ether oxygens (including phenoxy) is 2. The first-order chi connectivity index (χ1) is 18.8. The van der Waals surface area contributed by atoms with E-state index in [4.69, 9.17) is 15.2 Å². The zero-order chi connectivity index (χ0) is 29.1. The highest BCUT2D eigenvalue weighted by Gasteiger charge is 2.35. The van der Waals surface area contributed by atoms with Crippen LogP contribution in [0.15, 0.2) is 41.7 Å². The van der Waals surface area contributed by atoms with Crippen molar-refractivity contribution in [1.29, 1.82) is 0 Å². The minimum Gasteiger partial charge on any atom is -0.444 e. The fourth-order valence-corrected chi connectivity index (χ4v) is 4.88. The van der Waals surface area contributed by atoms with E-state index < -0.39 is 11.2 Å². The fraction of sp³-hybridized carbons (Fsp3) is 0.533. The molecule has 2 aromatic rings. The summed E-state index contributed by atoms with van der Waals surface area (Å²) in [5.41, 5.74) is 8.39. The molecule has 3 heterocycles. The zero-order valence-electron chi connectivity index (χ0n) is 24.4. The van der Waals surface area contributed by atoms with Crippen molar-refractivity contribution < 1.29 is 19.1 Å². The number of aromatic nitrogens is 2. The Balaban J connectivity index is 1.39. The molecule has 216 valence electrons. The van der Waals surface area contributed by atoms with Crippen LogP contribution < -0.4 is 5.73 Å². The molecule has 40 heavy (non-hydrogen) atoms. The Morgan fingerprint density at radius 3 is 2.23 bits per heavy atom. The largest absolute Gasteiger partial charge is 0.444 e. The van der Waals surface area contributed by atoms with Crippen LogP contribution in [0.2, 0.25) is 0 Å². The van der Waals surface area contributed by atoms with Crippen molar-refractivity contribution in [3.05, 3.63) is 48.1 Å². The molecule has 2 aliphatic rings. The maximum Gasteiger partial charge on any atom is 0.410 e. The molecule has 1 aromatic carbocycles. The number of aliphatic imine (C=N–C) groups is 1. The topological polar surface area (TPSA) is 126 Å². The van der Waals surface area contributed by atoms with Crippen LogP contribution in [0.3, 0.4) is 0 Å². The second-order valence-corrected chi connectivity index (χ2v) is 12.4. The minimum absolute atomic E-state index is 0.109. The molecule has 0 saturated carbocycles. The first-order valence-corrected chi connectivity index (χ1v) is 13.9. The van der Waals surface area contributed by atoms with Gasteiger partial charge in [-0.25, -0.2) is 14.6 Å². The van der Waals surface area contributed by atoms with Crippen LogP contribution >= 0.6 is 0 Å². The number of carbonyl (C=O) groups is 2. The van der Waals surface area contributed by atoms with Crippen LogP contribution in [0.1, 0.15) is 84.7 Å². The van der Waals surface area contributed by atoms with Gasteiger partial charge in [0.1, 0.15) is 17.0 Å². The number of rotatable bonds is 5. The maximum atomic E-state index is 12.7. The second kappa shape index (κ2) is 11.7. The molecule has 1 aromatic heterocycles. The number of hydrogen-bond acceptors (Lipinski definition) is 7. The average Bonchev–Trinajstić information content (AvgIpc) is 3.62. The molecule has 2 fully saturated rings. The summed E-state index contributed by atoms with van der Waals surface area (Å²) in [5.74, 6) is 0.753. The first kappa shape index (κ1) is 29.2. The Kier molecular flexibility index (Phi) is 8.56. The van der Waals surface area contributed by atoms with Crippen molar-refractivity contribution >= 4 is 24.1 Å². The van der Waals surface area contributed by atoms with Crippen molar-refractivity contribution in [2.45, 2.75) is 90.5 Å². The predicted octanol–water partition coefficient (Wildman–Crippen LogP) is 5.88. The number of carbonyl (C=O) groups excluding carboxylic acids is 2. The lowest BCUT2D eigenvalue weighted by Gasteiger charge is -2.27. The van der Waals surface area contributed by atoms with Crippen LogP contribution in [-0.4, -0.2) is 68.5 Å². The Morgan fingerprint density at radius 1 is 0.975 bits per heavy atom. The summed E-state index contributed by atoms with van der Waals surface area (Å²) in [5, 5.41) is 0. The zero-order valence-corrected chi connectivity index (χ0v) is 24.4. The van der Waals surface area contributed by atoms with Gasteiger partial charge >= 0.3 is 12.2 Å². The van der Waals surface area contributed by atoms with Gasteiger partial charge < -0.3 is 25.1 Å². The van der Waals surface area contributed by atoms with Crippen LogP contribution in [0.5, 0.6) is 0 Å². The molecular weight excluding hydrogens is 508 g/mol. The second-order valence-electron chi connectivity index (χ2n) is 12.4. The summed E-state index contributed by atoms with van der Waals surface area (Å²) in [7, 11) is 0. The third kappa shape index (κ3) is 7.43. The monoisotopic (exact) mass is 550 g/mol. The van der Waals surface area contributed by atoms with Crippen molar-refractivity contribution in [2.24, 2.45) is 10.7 Å². The first-order valence-electron chi connectivity index (χ1n) is 13.9. The van der Waals surface area contributed by atoms with Gasteiger partial charge in [-0.2, -0.15) is 0 Å². The number of amides is 2. The lowest BCUT2D eigenvalue weighted by molar-refractivity contribution is 0.0216. The van der Waals surface area contributed by atoms with Crippen LogP contribution in [-0.2, 0) is 9.47 Å². The van der Waals surface area contributed by atoms with Crippen LogP contribution in [0, 0.1) is 0 Å². The molecule has 0 aliphatic carbocycles. The lowest BCUT2D eigenvalue weighted by atomic mass is 10.1. The summed E-state index contributed by atoms with van der Waals surface area (Å²) in [6.45, 7) is 12.5. The number of H-pyrrole nitrogens is 1. The van der Waals surface area contributed by atoms with Gasteiger partial charge in [-0.3, -0.25) is 9.89 Å². The maximum absolute atomic E-state index is 12.7. The number of benzene rings is 1. The van der Waals surface area contributed by atoms with Crippen molar-refractivity contribution in [3.63, 3.8) is 0 Å². The molecule has 2 amide bonds. The minimum atomic E-state index is -0.543. The van der Waals surface area contributed by atoms with E-state index in [9.17, 15) is 9.59 Å². The van der Waals surface area contributed by atoms with Crippen LogP contribution in [0.4, 0.5) is 9.59 Å². The quantitative estimate of drug-likeness (QED) is 0.448. The standard InChI is InChI=1S/C30H42N6O4/c1-29(2,3)39-27(37)35-15-7-9-22(35)17-32-18-23(31)20-11-13-21(14-12-20)24-19-33-26(34-24)25-10-8-16-36(25)28(38)40-30(4,5)6/h11-14,17-19,22,25H,7-10,15-16,31H2,1-6H3,(H,33,34)/b23-18-,32-17+/t22-,25-/m0/s1. The van der Waals surface area contributed by atoms with E-state index >= 15 is 0 Å². The molecule has 4 rings (SSSR count). The number of hydrogen-bond donors (Lipinski definition) is 2. The predicted molar refractivity (Wildman–Crippen MR) is 156 cm³/mol. The highest BCUT2D eigenvalue weighted by molar-refractivity contribution is 5.77. The smallest absolute Gasteiger partial charge is 0.410 e. The summed E-state index contributed by atoms with van der Waals surface area (Å²) in [6.07, 6.45) is 8.02. The normalized spacial score (nSPS) is 20.4. The third-order valence-corrected chi connectivity index (χ3v) is 6.72. The molecule has 0 bridgehead atoms. The van der Waals surface area contributed by atoms with Gasteiger partial charge in [0.2, 0.25) is 0 Å². The number of nitrogens with two attached hydrogens (primary N) is 1. The molecule has 2 saturated heterocycles. The molecule has 2 atom stereocenters. The van der Waals surface area contributed by atoms with Gasteiger partial charge in [0, 0.05) is 19.3 Å². The van der Waals surface area contributed by atoms with Gasteiger partial charge in [-0.1, -0.05) is 24.3 Å². The van der Waals surface area contributed by atoms with E-state index in [0.29, 0.717) is 18.8 Å². The van der Waals surface area contributed by atoms with E-state index in [-0.39, 0.29) is 24.3 Å². The number of imidazole rings is 1. The number of nitrogens with zero attached hydrogens (tertiary/aromatic N) is 4. The highest BCUT2D eigenvalue weighted by Crippen LogP contribution is 2.33. The van der Waals surface area contributed by atoms with Crippen molar-refractivity contribution in [2.75, 3.05) is 13.1 Å². The van der Waals surface area contributed by atoms with Crippen LogP contribution in [0.25, 0.3) is 17.0 Å². The number of aromatic amines is 1. The Morgan fingerprint density at radius 2 is 1.57 bits per heavy atom. The van der Waals surface area contributed by atoms with E-state index in [1.165, 1.54) is 0 Å². The Hall–Kier alpha value is -3.82. The van der Waals surface area contributed by atoms with Crippen molar-refractivity contribution in [1.82, 2.24) is 19.8 Å². The molecule has 10 nitrogen and oxygen atoms in total. The van der Waals surface area contributed by atoms with Gasteiger partial charge in [-0.05, 0) is 78.4 Å². The lowest BCUT2D eigenvalue weighted by Crippen LogP contribution is -2.40. The molecular formula is C30H42N6O4. The molecule has 3 N–H and O–H groups in total. The summed E-state index contributed by atoms with van der Waals surface area (Å²) in [4.78, 5) is 41.0. The van der Waals surface area contributed by atoms with Gasteiger partial charge in [-0.15, -0.1) is 0 Å². The SMILES string of the molecule is CC(C)(C)OC(=O)N1CCC[C@H]1/C=N/C=C(\N)c1ccc(-c2cnc([C@@H]3CCCN3C(=O)OC(C)(C)C)[nH]2)cc1. The number of nitrogens with one attached hydrogen (secondary N) is 1. The van der Waals surface area contributed by atoms with Crippen molar-refractivity contribution in [3.8, 4) is 11.3 Å². The van der Waals surface area contributed by atoms with E-state index in [2.05, 4.69) is 15.0 Å². The molecule has 10 heteroatoms. The molecule has 0 unspecified atom stereocenters. The van der Waals surface area contributed by atoms with Gasteiger partial charge in [0.25, 0.3) is 0 Å². The average molecular weight is 551 g/mol. The molecule has 0 spiro atoms. The summed E-state index contributed by atoms with van der Waals surface area (Å²) < 4.78 is 11.1. The Labute approximate surface area is 236 Å². The van der Waals surface area contributed by atoms with E-state index in [1.807, 2.05) is 65.8 Å². The fourth-order valence-electron chi connectivity index (χ4n) is 4.88. The van der Waals surface area contributed by atoms with Gasteiger partial charge in [0.15, 0.2) is 0 Å². The molecule has 2 aliphatic heterocycles. The highest BCUT2D eigenvalue weighted by atomic mass is 16.6. The van der Waals surface area contributed by atoms with E-state index in [1.54, 1.807) is 28.4 Å². The molecule has 0 radical (unpaired) electrons. The van der Waals surface area contributed by atoms with E-state index in [0.717, 1.165) is 48.3 Å². The summed E-state index contributed by atoms with van der Waals surface area (Å²) in [6, 6.07) is 7.56.